The molecule has 2 rings (SSSR count). The summed E-state index contributed by atoms with van der Waals surface area (Å²) < 4.78 is 5.34. The van der Waals surface area contributed by atoms with E-state index in [0.717, 1.165) is 58.5 Å². The SMILES string of the molecule is CN(C)C(=O)CC1CCN(C(=O)NCCC2CCOC2)CC1. The molecule has 6 nitrogen and oxygen atoms in total. The first-order valence-electron chi connectivity index (χ1n) is 8.37. The summed E-state index contributed by atoms with van der Waals surface area (Å²) >= 11 is 0. The van der Waals surface area contributed by atoms with E-state index in [1.165, 1.54) is 0 Å². The Morgan fingerprint density at radius 1 is 1.18 bits per heavy atom. The molecule has 2 saturated heterocycles. The molecule has 1 unspecified atom stereocenters. The minimum Gasteiger partial charge on any atom is -0.381 e. The molecular weight excluding hydrogens is 282 g/mol. The van der Waals surface area contributed by atoms with Crippen LogP contribution in [0.2, 0.25) is 0 Å². The molecule has 0 spiro atoms. The van der Waals surface area contributed by atoms with Gasteiger partial charge in [0.15, 0.2) is 0 Å². The third kappa shape index (κ3) is 5.16. The fourth-order valence-corrected chi connectivity index (χ4v) is 3.08. The summed E-state index contributed by atoms with van der Waals surface area (Å²) in [5.41, 5.74) is 0. The summed E-state index contributed by atoms with van der Waals surface area (Å²) in [6.45, 7) is 3.93. The Balaban J connectivity index is 1.61. The van der Waals surface area contributed by atoms with Gasteiger partial charge in [-0.3, -0.25) is 4.79 Å². The first-order valence-corrected chi connectivity index (χ1v) is 8.37. The van der Waals surface area contributed by atoms with Crippen LogP contribution in [0.5, 0.6) is 0 Å². The molecule has 22 heavy (non-hydrogen) atoms. The molecule has 6 heteroatoms. The Bertz CT molecular complexity index is 373. The topological polar surface area (TPSA) is 61.9 Å². The Morgan fingerprint density at radius 2 is 1.91 bits per heavy atom. The van der Waals surface area contributed by atoms with Crippen LogP contribution in [0.1, 0.15) is 32.1 Å². The Labute approximate surface area is 133 Å². The van der Waals surface area contributed by atoms with E-state index in [0.29, 0.717) is 18.3 Å². The highest BCUT2D eigenvalue weighted by atomic mass is 16.5. The van der Waals surface area contributed by atoms with Crippen molar-refractivity contribution in [2.24, 2.45) is 11.8 Å². The highest BCUT2D eigenvalue weighted by Crippen LogP contribution is 2.21. The Kier molecular flexibility index (Phi) is 6.49. The molecule has 126 valence electrons. The maximum atomic E-state index is 12.1. The van der Waals surface area contributed by atoms with Crippen molar-refractivity contribution in [3.8, 4) is 0 Å². The van der Waals surface area contributed by atoms with E-state index in [2.05, 4.69) is 5.32 Å². The molecule has 2 fully saturated rings. The van der Waals surface area contributed by atoms with Gasteiger partial charge in [0.05, 0.1) is 0 Å². The predicted octanol–water partition coefficient (Wildman–Crippen LogP) is 1.31. The van der Waals surface area contributed by atoms with E-state index in [1.807, 2.05) is 4.90 Å². The average molecular weight is 311 g/mol. The molecule has 0 aromatic carbocycles. The molecule has 2 aliphatic heterocycles. The maximum Gasteiger partial charge on any atom is 0.317 e. The molecule has 3 amide bonds. The first kappa shape index (κ1) is 17.1. The van der Waals surface area contributed by atoms with Crippen molar-refractivity contribution >= 4 is 11.9 Å². The molecule has 0 bridgehead atoms. The fraction of sp³-hybridized carbons (Fsp3) is 0.875. The molecular formula is C16H29N3O3. The summed E-state index contributed by atoms with van der Waals surface area (Å²) in [5.74, 6) is 1.19. The van der Waals surface area contributed by atoms with E-state index in [9.17, 15) is 9.59 Å². The molecule has 1 atom stereocenters. The molecule has 0 radical (unpaired) electrons. The van der Waals surface area contributed by atoms with Gasteiger partial charge in [0, 0.05) is 53.4 Å². The zero-order valence-corrected chi connectivity index (χ0v) is 13.8. The summed E-state index contributed by atoms with van der Waals surface area (Å²) in [6, 6.07) is 0.0382. The number of piperidine rings is 1. The van der Waals surface area contributed by atoms with Crippen molar-refractivity contribution < 1.29 is 14.3 Å². The molecule has 1 N–H and O–H groups in total. The van der Waals surface area contributed by atoms with Crippen LogP contribution in [0, 0.1) is 11.8 Å². The standard InChI is InChI=1S/C16H29N3O3/c1-18(2)15(20)11-13-4-8-19(9-5-13)16(21)17-7-3-14-6-10-22-12-14/h13-14H,3-12H2,1-2H3,(H,17,21). The van der Waals surface area contributed by atoms with Crippen LogP contribution in [0.25, 0.3) is 0 Å². The summed E-state index contributed by atoms with van der Waals surface area (Å²) in [7, 11) is 3.58. The average Bonchev–Trinajstić information content (AvgIpc) is 3.01. The lowest BCUT2D eigenvalue weighted by Crippen LogP contribution is -2.45. The monoisotopic (exact) mass is 311 g/mol. The lowest BCUT2D eigenvalue weighted by molar-refractivity contribution is -0.129. The molecule has 0 aromatic heterocycles. The predicted molar refractivity (Wildman–Crippen MR) is 84.5 cm³/mol. The van der Waals surface area contributed by atoms with Gasteiger partial charge in [-0.05, 0) is 37.5 Å². The van der Waals surface area contributed by atoms with E-state index < -0.39 is 0 Å². The highest BCUT2D eigenvalue weighted by Gasteiger charge is 2.25. The lowest BCUT2D eigenvalue weighted by Gasteiger charge is -2.32. The molecule has 0 saturated carbocycles. The van der Waals surface area contributed by atoms with Crippen LogP contribution in [-0.2, 0) is 9.53 Å². The number of ether oxygens (including phenoxy) is 1. The van der Waals surface area contributed by atoms with E-state index >= 15 is 0 Å². The number of hydrogen-bond donors (Lipinski definition) is 1. The summed E-state index contributed by atoms with van der Waals surface area (Å²) in [6.07, 6.45) is 4.55. The van der Waals surface area contributed by atoms with Crippen LogP contribution in [0.15, 0.2) is 0 Å². The number of urea groups is 1. The minimum atomic E-state index is 0.0382. The second-order valence-electron chi connectivity index (χ2n) is 6.67. The fourth-order valence-electron chi connectivity index (χ4n) is 3.08. The van der Waals surface area contributed by atoms with Gasteiger partial charge in [0.2, 0.25) is 5.91 Å². The summed E-state index contributed by atoms with van der Waals surface area (Å²) in [5, 5.41) is 3.01. The summed E-state index contributed by atoms with van der Waals surface area (Å²) in [4.78, 5) is 27.4. The third-order valence-corrected chi connectivity index (χ3v) is 4.72. The number of carbonyl (C=O) groups excluding carboxylic acids is 2. The van der Waals surface area contributed by atoms with E-state index in [4.69, 9.17) is 4.74 Å². The number of nitrogens with zero attached hydrogens (tertiary/aromatic N) is 2. The highest BCUT2D eigenvalue weighted by molar-refractivity contribution is 5.76. The van der Waals surface area contributed by atoms with Gasteiger partial charge in [0.25, 0.3) is 0 Å². The molecule has 0 aliphatic carbocycles. The number of likely N-dealkylation sites (tertiary alicyclic amines) is 1. The Morgan fingerprint density at radius 3 is 2.50 bits per heavy atom. The molecule has 2 aliphatic rings. The van der Waals surface area contributed by atoms with Gasteiger partial charge < -0.3 is 19.9 Å². The first-order chi connectivity index (χ1) is 10.6. The Hall–Kier alpha value is -1.30. The number of nitrogens with one attached hydrogen (secondary N) is 1. The van der Waals surface area contributed by atoms with E-state index in [-0.39, 0.29) is 11.9 Å². The lowest BCUT2D eigenvalue weighted by atomic mass is 9.93. The quantitative estimate of drug-likeness (QED) is 0.833. The number of amides is 3. The largest absolute Gasteiger partial charge is 0.381 e. The van der Waals surface area contributed by atoms with Crippen LogP contribution in [0.4, 0.5) is 4.79 Å². The molecule has 2 heterocycles. The van der Waals surface area contributed by atoms with E-state index in [1.54, 1.807) is 19.0 Å². The van der Waals surface area contributed by atoms with Gasteiger partial charge in [-0.15, -0.1) is 0 Å². The van der Waals surface area contributed by atoms with Crippen molar-refractivity contribution in [2.75, 3.05) is 46.9 Å². The van der Waals surface area contributed by atoms with Gasteiger partial charge >= 0.3 is 6.03 Å². The van der Waals surface area contributed by atoms with Crippen molar-refractivity contribution in [1.82, 2.24) is 15.1 Å². The second-order valence-corrected chi connectivity index (χ2v) is 6.67. The van der Waals surface area contributed by atoms with Crippen molar-refractivity contribution in [1.29, 1.82) is 0 Å². The molecule has 0 aromatic rings. The van der Waals surface area contributed by atoms with Crippen LogP contribution in [0.3, 0.4) is 0 Å². The van der Waals surface area contributed by atoms with Crippen molar-refractivity contribution in [2.45, 2.75) is 32.1 Å². The van der Waals surface area contributed by atoms with Crippen molar-refractivity contribution in [3.63, 3.8) is 0 Å². The second kappa shape index (κ2) is 8.36. The number of carbonyl (C=O) groups is 2. The zero-order chi connectivity index (χ0) is 15.9. The zero-order valence-electron chi connectivity index (χ0n) is 13.8. The van der Waals surface area contributed by atoms with Crippen molar-refractivity contribution in [3.05, 3.63) is 0 Å². The van der Waals surface area contributed by atoms with Gasteiger partial charge in [-0.25, -0.2) is 4.79 Å². The maximum absolute atomic E-state index is 12.1. The van der Waals surface area contributed by atoms with Gasteiger partial charge in [0.1, 0.15) is 0 Å². The number of hydrogen-bond acceptors (Lipinski definition) is 3. The minimum absolute atomic E-state index is 0.0382. The van der Waals surface area contributed by atoms with Gasteiger partial charge in [-0.1, -0.05) is 0 Å². The number of rotatable bonds is 5. The van der Waals surface area contributed by atoms with Crippen LogP contribution in [-0.4, -0.2) is 68.7 Å². The smallest absolute Gasteiger partial charge is 0.317 e. The van der Waals surface area contributed by atoms with Gasteiger partial charge in [-0.2, -0.15) is 0 Å². The third-order valence-electron chi connectivity index (χ3n) is 4.72. The van der Waals surface area contributed by atoms with Crippen LogP contribution >= 0.6 is 0 Å². The van der Waals surface area contributed by atoms with Crippen LogP contribution < -0.4 is 5.32 Å². The normalized spacial score (nSPS) is 22.6.